The molecule has 1 N–H and O–H groups in total. The number of rotatable bonds is 16. The van der Waals surface area contributed by atoms with Crippen LogP contribution in [0.3, 0.4) is 0 Å². The zero-order valence-corrected chi connectivity index (χ0v) is 15.5. The van der Waals surface area contributed by atoms with Crippen molar-refractivity contribution in [2.24, 2.45) is 0 Å². The third-order valence-electron chi connectivity index (χ3n) is 4.11. The number of nitrogens with zero attached hydrogens (tertiary/aromatic N) is 1. The maximum atomic E-state index is 11.6. The Bertz CT molecular complexity index is 242. The molecule has 0 heterocycles. The smallest absolute Gasteiger partial charge is 0.219 e. The Balaban J connectivity index is 3.14. The van der Waals surface area contributed by atoms with Gasteiger partial charge in [0.2, 0.25) is 5.91 Å². The second kappa shape index (κ2) is 16.8. The summed E-state index contributed by atoms with van der Waals surface area (Å²) in [6, 6.07) is 0. The predicted octanol–water partition coefficient (Wildman–Crippen LogP) is 4.76. The number of carbonyl (C=O) groups excluding carboxylic acids is 1. The number of nitrogens with one attached hydrogen (secondary N) is 1. The van der Waals surface area contributed by atoms with Crippen LogP contribution in [-0.4, -0.2) is 38.0 Å². The first-order valence-electron chi connectivity index (χ1n) is 9.58. The van der Waals surface area contributed by atoms with Crippen molar-refractivity contribution in [3.8, 4) is 0 Å². The molecule has 1 amide bonds. The first-order chi connectivity index (χ1) is 10.7. The van der Waals surface area contributed by atoms with E-state index in [-0.39, 0.29) is 5.91 Å². The first kappa shape index (κ1) is 21.4. The summed E-state index contributed by atoms with van der Waals surface area (Å²) >= 11 is 0. The van der Waals surface area contributed by atoms with Gasteiger partial charge in [-0.25, -0.2) is 0 Å². The molecule has 0 aromatic heterocycles. The summed E-state index contributed by atoms with van der Waals surface area (Å²) in [6.45, 7) is 4.21. The largest absolute Gasteiger partial charge is 0.356 e. The summed E-state index contributed by atoms with van der Waals surface area (Å²) in [4.78, 5) is 13.8. The van der Waals surface area contributed by atoms with Crippen LogP contribution in [0.4, 0.5) is 0 Å². The maximum Gasteiger partial charge on any atom is 0.219 e. The fourth-order valence-corrected chi connectivity index (χ4v) is 2.64. The first-order valence-corrected chi connectivity index (χ1v) is 9.58. The van der Waals surface area contributed by atoms with Crippen LogP contribution >= 0.6 is 0 Å². The zero-order valence-electron chi connectivity index (χ0n) is 15.5. The molecule has 0 spiro atoms. The number of hydrogen-bond acceptors (Lipinski definition) is 2. The summed E-state index contributed by atoms with van der Waals surface area (Å²) in [5, 5.41) is 3.04. The van der Waals surface area contributed by atoms with Crippen molar-refractivity contribution in [2.45, 2.75) is 90.4 Å². The van der Waals surface area contributed by atoms with Gasteiger partial charge in [-0.05, 0) is 39.9 Å². The van der Waals surface area contributed by atoms with Gasteiger partial charge in [-0.15, -0.1) is 0 Å². The molecule has 22 heavy (non-hydrogen) atoms. The van der Waals surface area contributed by atoms with Gasteiger partial charge in [-0.2, -0.15) is 0 Å². The van der Waals surface area contributed by atoms with Gasteiger partial charge < -0.3 is 10.2 Å². The lowest BCUT2D eigenvalue weighted by molar-refractivity contribution is -0.121. The van der Waals surface area contributed by atoms with Gasteiger partial charge in [0.05, 0.1) is 0 Å². The standard InChI is InChI=1S/C19H40N2O/c1-4-5-6-7-8-9-10-11-12-14-17-20-19(22)16-13-15-18-21(2)3/h4-18H2,1-3H3,(H,20,22). The van der Waals surface area contributed by atoms with Gasteiger partial charge in [0, 0.05) is 13.0 Å². The average molecular weight is 313 g/mol. The van der Waals surface area contributed by atoms with Crippen molar-refractivity contribution in [3.05, 3.63) is 0 Å². The maximum absolute atomic E-state index is 11.6. The molecular weight excluding hydrogens is 272 g/mol. The van der Waals surface area contributed by atoms with Crippen LogP contribution in [0.25, 0.3) is 0 Å². The Hall–Kier alpha value is -0.570. The molecule has 0 bridgehead atoms. The second-order valence-electron chi connectivity index (χ2n) is 6.79. The lowest BCUT2D eigenvalue weighted by atomic mass is 10.1. The highest BCUT2D eigenvalue weighted by Crippen LogP contribution is 2.10. The van der Waals surface area contributed by atoms with E-state index in [1.165, 1.54) is 57.8 Å². The summed E-state index contributed by atoms with van der Waals surface area (Å²) in [6.07, 6.45) is 16.2. The van der Waals surface area contributed by atoms with Crippen molar-refractivity contribution >= 4 is 5.91 Å². The Kier molecular flexibility index (Phi) is 16.4. The van der Waals surface area contributed by atoms with E-state index in [1.54, 1.807) is 0 Å². The molecule has 0 fully saturated rings. The van der Waals surface area contributed by atoms with E-state index in [0.29, 0.717) is 6.42 Å². The quantitative estimate of drug-likeness (QED) is 0.417. The average Bonchev–Trinajstić information content (AvgIpc) is 2.49. The molecule has 0 rings (SSSR count). The van der Waals surface area contributed by atoms with E-state index >= 15 is 0 Å². The molecule has 132 valence electrons. The molecule has 0 saturated carbocycles. The van der Waals surface area contributed by atoms with E-state index in [1.807, 2.05) is 0 Å². The van der Waals surface area contributed by atoms with Gasteiger partial charge in [-0.1, -0.05) is 64.7 Å². The number of hydrogen-bond donors (Lipinski definition) is 1. The normalized spacial score (nSPS) is 11.1. The Morgan fingerprint density at radius 1 is 0.773 bits per heavy atom. The van der Waals surface area contributed by atoms with Gasteiger partial charge in [0.1, 0.15) is 0 Å². The highest BCUT2D eigenvalue weighted by Gasteiger charge is 2.00. The van der Waals surface area contributed by atoms with Crippen molar-refractivity contribution in [2.75, 3.05) is 27.2 Å². The summed E-state index contributed by atoms with van der Waals surface area (Å²) in [7, 11) is 4.15. The second-order valence-corrected chi connectivity index (χ2v) is 6.79. The lowest BCUT2D eigenvalue weighted by Gasteiger charge is -2.09. The van der Waals surface area contributed by atoms with Gasteiger partial charge >= 0.3 is 0 Å². The van der Waals surface area contributed by atoms with E-state index in [2.05, 4.69) is 31.2 Å². The number of unbranched alkanes of at least 4 members (excludes halogenated alkanes) is 10. The molecule has 0 aliphatic rings. The molecular formula is C19H40N2O. The van der Waals surface area contributed by atoms with E-state index in [9.17, 15) is 4.79 Å². The Labute approximate surface area is 139 Å². The third kappa shape index (κ3) is 17.5. The summed E-state index contributed by atoms with van der Waals surface area (Å²) in [5.74, 6) is 0.231. The van der Waals surface area contributed by atoms with E-state index < -0.39 is 0 Å². The van der Waals surface area contributed by atoms with Crippen LogP contribution < -0.4 is 5.32 Å². The summed E-state index contributed by atoms with van der Waals surface area (Å²) < 4.78 is 0. The third-order valence-corrected chi connectivity index (χ3v) is 4.11. The van der Waals surface area contributed by atoms with Crippen molar-refractivity contribution in [1.29, 1.82) is 0 Å². The highest BCUT2D eigenvalue weighted by atomic mass is 16.1. The number of carbonyl (C=O) groups is 1. The predicted molar refractivity (Wildman–Crippen MR) is 97.3 cm³/mol. The van der Waals surface area contributed by atoms with Crippen LogP contribution in [0.2, 0.25) is 0 Å². The fourth-order valence-electron chi connectivity index (χ4n) is 2.64. The topological polar surface area (TPSA) is 32.3 Å². The van der Waals surface area contributed by atoms with Crippen molar-refractivity contribution < 1.29 is 4.79 Å². The van der Waals surface area contributed by atoms with Crippen molar-refractivity contribution in [3.63, 3.8) is 0 Å². The van der Waals surface area contributed by atoms with Crippen LogP contribution in [0.5, 0.6) is 0 Å². The molecule has 0 atom stereocenters. The minimum atomic E-state index is 0.231. The molecule has 0 radical (unpaired) electrons. The zero-order chi connectivity index (χ0) is 16.5. The van der Waals surface area contributed by atoms with E-state index in [0.717, 1.165) is 32.4 Å². The lowest BCUT2D eigenvalue weighted by Crippen LogP contribution is -2.24. The van der Waals surface area contributed by atoms with Gasteiger partial charge in [-0.3, -0.25) is 4.79 Å². The molecule has 3 heteroatoms. The Morgan fingerprint density at radius 2 is 1.32 bits per heavy atom. The monoisotopic (exact) mass is 312 g/mol. The summed E-state index contributed by atoms with van der Waals surface area (Å²) in [5.41, 5.74) is 0. The van der Waals surface area contributed by atoms with Crippen molar-refractivity contribution in [1.82, 2.24) is 10.2 Å². The van der Waals surface area contributed by atoms with Gasteiger partial charge in [0.25, 0.3) is 0 Å². The molecule has 0 aliphatic heterocycles. The molecule has 0 saturated heterocycles. The fraction of sp³-hybridized carbons (Fsp3) is 0.947. The van der Waals surface area contributed by atoms with E-state index in [4.69, 9.17) is 0 Å². The molecule has 3 nitrogen and oxygen atoms in total. The molecule has 0 aromatic carbocycles. The van der Waals surface area contributed by atoms with Gasteiger partial charge in [0.15, 0.2) is 0 Å². The Morgan fingerprint density at radius 3 is 1.86 bits per heavy atom. The van der Waals surface area contributed by atoms with Crippen LogP contribution in [0.1, 0.15) is 90.4 Å². The minimum Gasteiger partial charge on any atom is -0.356 e. The molecule has 0 aliphatic carbocycles. The van der Waals surface area contributed by atoms with Crippen LogP contribution in [0.15, 0.2) is 0 Å². The highest BCUT2D eigenvalue weighted by molar-refractivity contribution is 5.75. The van der Waals surface area contributed by atoms with Crippen LogP contribution in [-0.2, 0) is 4.79 Å². The minimum absolute atomic E-state index is 0.231. The number of amides is 1. The van der Waals surface area contributed by atoms with Crippen LogP contribution in [0, 0.1) is 0 Å². The molecule has 0 aromatic rings. The molecule has 0 unspecified atom stereocenters. The SMILES string of the molecule is CCCCCCCCCCCCNC(=O)CCCCN(C)C.